The number of esters is 1. The maximum absolute atomic E-state index is 12.9. The van der Waals surface area contributed by atoms with E-state index in [0.29, 0.717) is 30.6 Å². The molecule has 0 aromatic heterocycles. The van der Waals surface area contributed by atoms with Crippen LogP contribution in [0.5, 0.6) is 0 Å². The third kappa shape index (κ3) is 3.96. The Kier molecular flexibility index (Phi) is 6.25. The molecule has 4 nitrogen and oxygen atoms in total. The number of carbonyl (C=O) groups is 2. The van der Waals surface area contributed by atoms with E-state index in [1.165, 1.54) is 11.1 Å². The molecule has 0 saturated heterocycles. The first kappa shape index (κ1) is 23.8. The van der Waals surface area contributed by atoms with E-state index in [-0.39, 0.29) is 40.8 Å². The van der Waals surface area contributed by atoms with E-state index in [1.54, 1.807) is 0 Å². The van der Waals surface area contributed by atoms with Gasteiger partial charge in [0.1, 0.15) is 11.9 Å². The molecule has 3 fully saturated rings. The van der Waals surface area contributed by atoms with E-state index in [2.05, 4.69) is 44.2 Å². The molecule has 7 atom stereocenters. The Morgan fingerprint density at radius 2 is 1.74 bits per heavy atom. The first-order valence-corrected chi connectivity index (χ1v) is 13.3. The van der Waals surface area contributed by atoms with Crippen LogP contribution in [-0.4, -0.2) is 24.0 Å². The lowest BCUT2D eigenvalue weighted by Crippen LogP contribution is -2.55. The van der Waals surface area contributed by atoms with Crippen molar-refractivity contribution >= 4 is 11.8 Å². The van der Waals surface area contributed by atoms with Crippen molar-refractivity contribution in [2.45, 2.75) is 91.5 Å². The summed E-state index contributed by atoms with van der Waals surface area (Å²) in [4.78, 5) is 25.6. The van der Waals surface area contributed by atoms with Gasteiger partial charge in [-0.1, -0.05) is 63.6 Å². The molecule has 1 aromatic carbocycles. The molecule has 0 heterocycles. The minimum atomic E-state index is -0.249. The highest BCUT2D eigenvalue weighted by atomic mass is 16.5. The molecule has 0 amide bonds. The lowest BCUT2D eigenvalue weighted by Gasteiger charge is -2.58. The largest absolute Gasteiger partial charge is 0.458 e. The summed E-state index contributed by atoms with van der Waals surface area (Å²) in [5.74, 6) is 1.14. The lowest BCUT2D eigenvalue weighted by atomic mass is 9.47. The number of rotatable bonds is 5. The van der Waals surface area contributed by atoms with Crippen molar-refractivity contribution in [1.82, 2.24) is 0 Å². The number of Topliss-reactive ketones (excluding diaryl/α,β-unsaturated/α-hetero) is 1. The van der Waals surface area contributed by atoms with Gasteiger partial charge in [0.2, 0.25) is 0 Å². The molecule has 0 aliphatic heterocycles. The second-order valence-corrected chi connectivity index (χ2v) is 12.0. The van der Waals surface area contributed by atoms with Gasteiger partial charge in [-0.05, 0) is 67.4 Å². The van der Waals surface area contributed by atoms with Crippen molar-refractivity contribution < 1.29 is 19.1 Å². The van der Waals surface area contributed by atoms with Crippen LogP contribution in [0.3, 0.4) is 0 Å². The Bertz CT molecular complexity index is 965. The highest BCUT2D eigenvalue weighted by Crippen LogP contribution is 2.64. The maximum atomic E-state index is 12.9. The fraction of sp³-hybridized carbons (Fsp3) is 0.667. The third-order valence-corrected chi connectivity index (χ3v) is 9.82. The van der Waals surface area contributed by atoms with Gasteiger partial charge in [0.05, 0.1) is 18.6 Å². The lowest BCUT2D eigenvalue weighted by molar-refractivity contribution is -0.164. The number of fused-ring (bicyclic) bond motifs is 5. The monoisotopic (exact) mass is 464 g/mol. The molecule has 0 N–H and O–H groups in total. The Morgan fingerprint density at radius 1 is 1.03 bits per heavy atom. The predicted molar refractivity (Wildman–Crippen MR) is 132 cm³/mol. The minimum Gasteiger partial charge on any atom is -0.458 e. The zero-order valence-corrected chi connectivity index (χ0v) is 21.2. The molecule has 4 heteroatoms. The molecule has 3 unspecified atom stereocenters. The van der Waals surface area contributed by atoms with E-state index in [0.717, 1.165) is 38.5 Å². The number of ketones is 1. The van der Waals surface area contributed by atoms with Gasteiger partial charge in [0.25, 0.3) is 0 Å². The fourth-order valence-corrected chi connectivity index (χ4v) is 7.68. The zero-order valence-electron chi connectivity index (χ0n) is 21.2. The standard InChI is InChI=1S/C30H40O4/c1-19(2)28(32)34-25-17-21-16-22(33-18-20-8-6-5-7-9-20)12-14-29(21,3)24-13-15-30(4)23(27(24)25)10-11-26(30)31/h5-9,17,19,22-25,27H,10-16,18H2,1-4H3/t22-,23?,24?,25-,27?,29-,30-/m0/s1. The average Bonchev–Trinajstić information content (AvgIpc) is 3.13. The molecule has 5 rings (SSSR count). The second-order valence-electron chi connectivity index (χ2n) is 12.0. The molecule has 184 valence electrons. The number of hydrogen-bond acceptors (Lipinski definition) is 4. The molecule has 0 radical (unpaired) electrons. The normalized spacial score (nSPS) is 39.1. The highest BCUT2D eigenvalue weighted by Gasteiger charge is 2.61. The van der Waals surface area contributed by atoms with Gasteiger partial charge in [0.15, 0.2) is 0 Å². The van der Waals surface area contributed by atoms with E-state index >= 15 is 0 Å². The second kappa shape index (κ2) is 8.93. The molecule has 0 spiro atoms. The summed E-state index contributed by atoms with van der Waals surface area (Å²) in [5, 5.41) is 0. The van der Waals surface area contributed by atoms with E-state index in [9.17, 15) is 9.59 Å². The SMILES string of the molecule is CC(C)C(=O)O[C@H]1C=C2C[C@@H](OCc3ccccc3)CC[C@]2(C)C2CC[C@]3(C)C(=O)CCC3C21. The summed E-state index contributed by atoms with van der Waals surface area (Å²) < 4.78 is 12.6. The van der Waals surface area contributed by atoms with Crippen LogP contribution in [0.2, 0.25) is 0 Å². The molecule has 1 aromatic rings. The van der Waals surface area contributed by atoms with Crippen LogP contribution < -0.4 is 0 Å². The summed E-state index contributed by atoms with van der Waals surface area (Å²) >= 11 is 0. The summed E-state index contributed by atoms with van der Waals surface area (Å²) in [6, 6.07) is 10.4. The highest BCUT2D eigenvalue weighted by molar-refractivity contribution is 5.87. The molecule has 3 saturated carbocycles. The van der Waals surface area contributed by atoms with Crippen molar-refractivity contribution in [2.75, 3.05) is 0 Å². The van der Waals surface area contributed by atoms with E-state index < -0.39 is 0 Å². The van der Waals surface area contributed by atoms with Crippen LogP contribution in [0, 0.1) is 34.5 Å². The van der Waals surface area contributed by atoms with Crippen LogP contribution >= 0.6 is 0 Å². The van der Waals surface area contributed by atoms with Gasteiger partial charge < -0.3 is 9.47 Å². The van der Waals surface area contributed by atoms with Gasteiger partial charge in [-0.15, -0.1) is 0 Å². The number of benzene rings is 1. The molecule has 34 heavy (non-hydrogen) atoms. The third-order valence-electron chi connectivity index (χ3n) is 9.82. The van der Waals surface area contributed by atoms with Crippen molar-refractivity contribution in [3.05, 3.63) is 47.5 Å². The number of ether oxygens (including phenoxy) is 2. The van der Waals surface area contributed by atoms with Crippen LogP contribution in [0.15, 0.2) is 42.0 Å². The summed E-state index contributed by atoms with van der Waals surface area (Å²) in [5.41, 5.74) is 2.47. The van der Waals surface area contributed by atoms with Crippen molar-refractivity contribution in [2.24, 2.45) is 34.5 Å². The van der Waals surface area contributed by atoms with Crippen LogP contribution in [0.25, 0.3) is 0 Å². The zero-order chi connectivity index (χ0) is 24.1. The summed E-state index contributed by atoms with van der Waals surface area (Å²) in [7, 11) is 0. The number of carbonyl (C=O) groups excluding carboxylic acids is 2. The van der Waals surface area contributed by atoms with Gasteiger partial charge in [-0.2, -0.15) is 0 Å². The molecular weight excluding hydrogens is 424 g/mol. The van der Waals surface area contributed by atoms with E-state index in [1.807, 2.05) is 19.9 Å². The van der Waals surface area contributed by atoms with Crippen LogP contribution in [0.1, 0.15) is 78.2 Å². The van der Waals surface area contributed by atoms with Crippen LogP contribution in [0.4, 0.5) is 0 Å². The average molecular weight is 465 g/mol. The Balaban J connectivity index is 1.42. The minimum absolute atomic E-state index is 0.102. The van der Waals surface area contributed by atoms with Gasteiger partial charge in [-0.25, -0.2) is 0 Å². The smallest absolute Gasteiger partial charge is 0.308 e. The molecular formula is C30H40O4. The Morgan fingerprint density at radius 3 is 2.47 bits per heavy atom. The van der Waals surface area contributed by atoms with Gasteiger partial charge in [-0.3, -0.25) is 9.59 Å². The predicted octanol–water partition coefficient (Wildman–Crippen LogP) is 6.28. The van der Waals surface area contributed by atoms with Crippen LogP contribution in [-0.2, 0) is 25.7 Å². The molecule has 0 bridgehead atoms. The van der Waals surface area contributed by atoms with Crippen molar-refractivity contribution in [3.8, 4) is 0 Å². The fourth-order valence-electron chi connectivity index (χ4n) is 7.68. The van der Waals surface area contributed by atoms with Crippen molar-refractivity contribution in [3.63, 3.8) is 0 Å². The van der Waals surface area contributed by atoms with Gasteiger partial charge >= 0.3 is 5.97 Å². The van der Waals surface area contributed by atoms with Gasteiger partial charge in [0, 0.05) is 17.8 Å². The van der Waals surface area contributed by atoms with E-state index in [4.69, 9.17) is 9.47 Å². The summed E-state index contributed by atoms with van der Waals surface area (Å²) in [6.07, 6.45) is 8.94. The number of hydrogen-bond donors (Lipinski definition) is 0. The summed E-state index contributed by atoms with van der Waals surface area (Å²) in [6.45, 7) is 9.05. The molecule has 4 aliphatic carbocycles. The topological polar surface area (TPSA) is 52.6 Å². The Hall–Kier alpha value is -1.94. The van der Waals surface area contributed by atoms with Crippen molar-refractivity contribution in [1.29, 1.82) is 0 Å². The molecule has 4 aliphatic rings. The quantitative estimate of drug-likeness (QED) is 0.380. The Labute approximate surface area is 204 Å². The maximum Gasteiger partial charge on any atom is 0.308 e. The first-order valence-electron chi connectivity index (χ1n) is 13.3. The first-order chi connectivity index (χ1) is 16.2.